The highest BCUT2D eigenvalue weighted by atomic mass is 32.2. The first kappa shape index (κ1) is 28.7. The van der Waals surface area contributed by atoms with Gasteiger partial charge in [-0.05, 0) is 24.1 Å². The van der Waals surface area contributed by atoms with Crippen molar-refractivity contribution in [2.45, 2.75) is 37.2 Å². The van der Waals surface area contributed by atoms with E-state index in [9.17, 15) is 19.0 Å². The fourth-order valence-electron chi connectivity index (χ4n) is 5.88. The van der Waals surface area contributed by atoms with Gasteiger partial charge in [-0.15, -0.1) is 0 Å². The fourth-order valence-corrected chi connectivity index (χ4v) is 6.33. The second-order valence-electron chi connectivity index (χ2n) is 10.7. The van der Waals surface area contributed by atoms with Gasteiger partial charge in [0.05, 0.1) is 30.8 Å². The van der Waals surface area contributed by atoms with Crippen LogP contribution in [0.5, 0.6) is 0 Å². The van der Waals surface area contributed by atoms with Crippen LogP contribution in [0.15, 0.2) is 71.9 Å². The van der Waals surface area contributed by atoms with Gasteiger partial charge in [-0.25, -0.2) is 9.18 Å². The van der Waals surface area contributed by atoms with E-state index in [0.717, 1.165) is 27.9 Å². The van der Waals surface area contributed by atoms with E-state index >= 15 is 0 Å². The molecule has 2 aliphatic rings. The van der Waals surface area contributed by atoms with Crippen molar-refractivity contribution in [2.24, 2.45) is 0 Å². The van der Waals surface area contributed by atoms with Crippen molar-refractivity contribution in [1.82, 2.24) is 14.9 Å². The Kier molecular flexibility index (Phi) is 8.31. The summed E-state index contributed by atoms with van der Waals surface area (Å²) < 4.78 is 32.7. The number of aromatic nitrogens is 2. The normalized spacial score (nSPS) is 17.3. The molecule has 1 aromatic heterocycles. The quantitative estimate of drug-likeness (QED) is 0.230. The Labute approximate surface area is 252 Å². The van der Waals surface area contributed by atoms with Crippen LogP contribution in [0.25, 0.3) is 10.8 Å². The second-order valence-corrected chi connectivity index (χ2v) is 12.0. The number of anilines is 2. The van der Waals surface area contributed by atoms with E-state index < -0.39 is 23.3 Å². The molecule has 2 unspecified atom stereocenters. The summed E-state index contributed by atoms with van der Waals surface area (Å²) in [6, 6.07) is 22.0. The number of nitriles is 1. The Hall–Kier alpha value is -4.40. The zero-order chi connectivity index (χ0) is 29.9. The number of piperazine rings is 1. The molecule has 0 radical (unpaired) electrons. The number of hydrogen-bond acceptors (Lipinski definition) is 8. The number of halogens is 1. The molecule has 0 aliphatic carbocycles. The highest BCUT2D eigenvalue weighted by Crippen LogP contribution is 2.35. The van der Waals surface area contributed by atoms with Crippen LogP contribution >= 0.6 is 0 Å². The summed E-state index contributed by atoms with van der Waals surface area (Å²) in [7, 11) is 0. The standard InChI is InChI=1S/C32H31FN6O3S/c1-43(41)31-35-28-20-37(29-12-11-27(33)24-9-5-6-10-25(24)29)16-14-26(28)30(36-31)38-17-18-39(23(19-38)13-15-34)32(40)42-21-22-7-3-2-4-8-22/h2-12,23H,13-14,16-21H2,1H3. The SMILES string of the molecule is C[S+]([O-])c1nc2c(c(N3CCN(C(=O)OCc4ccccc4)C(CC#N)C3)n1)CCN(c1ccc(F)c3ccccc13)C2. The summed E-state index contributed by atoms with van der Waals surface area (Å²) in [5.41, 5.74) is 3.55. The van der Waals surface area contributed by atoms with Crippen molar-refractivity contribution in [1.29, 1.82) is 5.26 Å². The van der Waals surface area contributed by atoms with Crippen LogP contribution in [0.2, 0.25) is 0 Å². The zero-order valence-corrected chi connectivity index (χ0v) is 24.6. The highest BCUT2D eigenvalue weighted by molar-refractivity contribution is 7.90. The first-order valence-electron chi connectivity index (χ1n) is 14.2. The van der Waals surface area contributed by atoms with Crippen molar-refractivity contribution in [3.63, 3.8) is 0 Å². The molecule has 6 rings (SSSR count). The largest absolute Gasteiger partial charge is 0.609 e. The molecule has 3 heterocycles. The lowest BCUT2D eigenvalue weighted by molar-refractivity contribution is 0.0767. The summed E-state index contributed by atoms with van der Waals surface area (Å²) in [4.78, 5) is 28.3. The Morgan fingerprint density at radius 2 is 1.81 bits per heavy atom. The molecule has 1 amide bonds. The minimum Gasteiger partial charge on any atom is -0.609 e. The van der Waals surface area contributed by atoms with Gasteiger partial charge in [-0.3, -0.25) is 0 Å². The molecule has 1 saturated heterocycles. The van der Waals surface area contributed by atoms with Gasteiger partial charge in [0.2, 0.25) is 0 Å². The molecule has 43 heavy (non-hydrogen) atoms. The average molecular weight is 599 g/mol. The minimum absolute atomic E-state index is 0.141. The summed E-state index contributed by atoms with van der Waals surface area (Å²) >= 11 is -1.42. The molecule has 0 spiro atoms. The van der Waals surface area contributed by atoms with E-state index in [0.29, 0.717) is 50.3 Å². The van der Waals surface area contributed by atoms with Crippen LogP contribution < -0.4 is 9.80 Å². The second kappa shape index (κ2) is 12.5. The molecule has 9 nitrogen and oxygen atoms in total. The summed E-state index contributed by atoms with van der Waals surface area (Å²) in [6.07, 6.45) is 1.88. The van der Waals surface area contributed by atoms with E-state index in [2.05, 4.69) is 15.9 Å². The molecule has 11 heteroatoms. The Bertz CT molecular complexity index is 1680. The predicted octanol–water partition coefficient (Wildman–Crippen LogP) is 4.81. The van der Waals surface area contributed by atoms with Gasteiger partial charge in [0.1, 0.15) is 24.5 Å². The van der Waals surface area contributed by atoms with E-state index in [1.807, 2.05) is 48.5 Å². The number of carbonyl (C=O) groups excluding carboxylic acids is 1. The lowest BCUT2D eigenvalue weighted by Gasteiger charge is -2.41. The van der Waals surface area contributed by atoms with E-state index in [1.165, 1.54) is 6.07 Å². The van der Waals surface area contributed by atoms with E-state index in [4.69, 9.17) is 14.7 Å². The van der Waals surface area contributed by atoms with Gasteiger partial charge >= 0.3 is 11.2 Å². The van der Waals surface area contributed by atoms with E-state index in [1.54, 1.807) is 23.3 Å². The first-order chi connectivity index (χ1) is 20.9. The van der Waals surface area contributed by atoms with Crippen LogP contribution in [0.4, 0.5) is 20.7 Å². The van der Waals surface area contributed by atoms with Gasteiger partial charge in [0, 0.05) is 59.4 Å². The van der Waals surface area contributed by atoms with Gasteiger partial charge in [0.15, 0.2) is 0 Å². The Balaban J connectivity index is 1.25. The molecule has 0 saturated carbocycles. The van der Waals surface area contributed by atoms with Crippen molar-refractivity contribution in [3.05, 3.63) is 89.4 Å². The molecule has 3 aromatic carbocycles. The maximum atomic E-state index is 14.5. The number of ether oxygens (including phenoxy) is 1. The number of hydrogen-bond donors (Lipinski definition) is 0. The highest BCUT2D eigenvalue weighted by Gasteiger charge is 2.35. The number of carbonyl (C=O) groups is 1. The molecular formula is C32H31FN6O3S. The van der Waals surface area contributed by atoms with Gasteiger partial charge < -0.3 is 24.0 Å². The maximum Gasteiger partial charge on any atom is 0.410 e. The summed E-state index contributed by atoms with van der Waals surface area (Å²) in [5, 5.41) is 11.2. The average Bonchev–Trinajstić information content (AvgIpc) is 3.03. The zero-order valence-electron chi connectivity index (χ0n) is 23.8. The van der Waals surface area contributed by atoms with E-state index in [-0.39, 0.29) is 24.0 Å². The van der Waals surface area contributed by atoms with Crippen LogP contribution in [0, 0.1) is 17.1 Å². The van der Waals surface area contributed by atoms with Crippen LogP contribution in [-0.2, 0) is 35.5 Å². The van der Waals surface area contributed by atoms with Crippen LogP contribution in [0.3, 0.4) is 0 Å². The molecular weight excluding hydrogens is 567 g/mol. The number of rotatable bonds is 6. The third-order valence-electron chi connectivity index (χ3n) is 8.02. The van der Waals surface area contributed by atoms with Crippen molar-refractivity contribution in [3.8, 4) is 6.07 Å². The van der Waals surface area contributed by atoms with Crippen LogP contribution in [-0.4, -0.2) is 64.0 Å². The lowest BCUT2D eigenvalue weighted by atomic mass is 10.0. The van der Waals surface area contributed by atoms with Gasteiger partial charge in [0.25, 0.3) is 0 Å². The summed E-state index contributed by atoms with van der Waals surface area (Å²) in [5.74, 6) is 0.430. The third kappa shape index (κ3) is 5.94. The molecule has 2 aliphatic heterocycles. The maximum absolute atomic E-state index is 14.5. The van der Waals surface area contributed by atoms with Crippen molar-refractivity contribution >= 4 is 39.5 Å². The van der Waals surface area contributed by atoms with Gasteiger partial charge in [-0.1, -0.05) is 54.6 Å². The Morgan fingerprint density at radius 1 is 1.05 bits per heavy atom. The van der Waals surface area contributed by atoms with Crippen molar-refractivity contribution < 1.29 is 18.5 Å². The lowest BCUT2D eigenvalue weighted by Crippen LogP contribution is -2.56. The molecule has 1 fully saturated rings. The molecule has 4 aromatic rings. The monoisotopic (exact) mass is 598 g/mol. The van der Waals surface area contributed by atoms with Gasteiger partial charge in [-0.2, -0.15) is 15.2 Å². The minimum atomic E-state index is -1.42. The third-order valence-corrected chi connectivity index (χ3v) is 8.71. The predicted molar refractivity (Wildman–Crippen MR) is 163 cm³/mol. The number of benzene rings is 3. The smallest absolute Gasteiger partial charge is 0.410 e. The van der Waals surface area contributed by atoms with Crippen molar-refractivity contribution in [2.75, 3.05) is 42.2 Å². The Morgan fingerprint density at radius 3 is 2.58 bits per heavy atom. The fraction of sp³-hybridized carbons (Fsp3) is 0.312. The number of amides is 1. The molecule has 220 valence electrons. The first-order valence-corrected chi connectivity index (χ1v) is 15.7. The molecule has 2 atom stereocenters. The topological polar surface area (TPSA) is 109 Å². The summed E-state index contributed by atoms with van der Waals surface area (Å²) in [6.45, 7) is 2.51. The molecule has 0 bridgehead atoms. The molecule has 0 N–H and O–H groups in total. The van der Waals surface area contributed by atoms with Crippen LogP contribution in [0.1, 0.15) is 23.2 Å². The number of fused-ring (bicyclic) bond motifs is 2. The number of nitrogens with zero attached hydrogens (tertiary/aromatic N) is 6.